The zero-order chi connectivity index (χ0) is 22.3. The minimum atomic E-state index is -0.850. The highest BCUT2D eigenvalue weighted by molar-refractivity contribution is 7.11. The van der Waals surface area contributed by atoms with Crippen LogP contribution in [0.25, 0.3) is 22.2 Å². The number of hydrogen-bond donors (Lipinski definition) is 2. The van der Waals surface area contributed by atoms with E-state index in [2.05, 4.69) is 20.4 Å². The van der Waals surface area contributed by atoms with Crippen LogP contribution in [-0.4, -0.2) is 43.2 Å². The summed E-state index contributed by atoms with van der Waals surface area (Å²) in [7, 11) is 0. The number of carbonyl (C=O) groups is 1. The highest BCUT2D eigenvalue weighted by Gasteiger charge is 2.20. The van der Waals surface area contributed by atoms with Gasteiger partial charge in [-0.1, -0.05) is 6.07 Å². The van der Waals surface area contributed by atoms with Gasteiger partial charge in [0.15, 0.2) is 23.0 Å². The first-order valence-corrected chi connectivity index (χ1v) is 10.9. The van der Waals surface area contributed by atoms with Crippen molar-refractivity contribution in [2.24, 2.45) is 0 Å². The number of carbonyl (C=O) groups excluding carboxylic acids is 1. The van der Waals surface area contributed by atoms with E-state index in [4.69, 9.17) is 9.47 Å². The first-order valence-electron chi connectivity index (χ1n) is 10.1. The second-order valence-electron chi connectivity index (χ2n) is 8.12. The summed E-state index contributed by atoms with van der Waals surface area (Å²) in [4.78, 5) is 21.7. The monoisotopic (exact) mass is 451 g/mol. The zero-order valence-electron chi connectivity index (χ0n) is 17.5. The summed E-state index contributed by atoms with van der Waals surface area (Å²) < 4.78 is 12.6. The van der Waals surface area contributed by atoms with Crippen molar-refractivity contribution in [3.8, 4) is 22.6 Å². The van der Waals surface area contributed by atoms with Crippen LogP contribution in [0, 0.1) is 0 Å². The summed E-state index contributed by atoms with van der Waals surface area (Å²) in [6, 6.07) is 7.64. The van der Waals surface area contributed by atoms with Gasteiger partial charge in [0.05, 0.1) is 22.7 Å². The molecular formula is C22H21N5O4S. The number of aromatic nitrogens is 4. The number of pyridine rings is 1. The lowest BCUT2D eigenvalue weighted by Gasteiger charge is -2.16. The predicted molar refractivity (Wildman–Crippen MR) is 120 cm³/mol. The number of ether oxygens (including phenoxy) is 2. The quantitative estimate of drug-likeness (QED) is 0.460. The largest absolute Gasteiger partial charge is 0.454 e. The maximum absolute atomic E-state index is 12.6. The van der Waals surface area contributed by atoms with Crippen LogP contribution in [0.2, 0.25) is 0 Å². The van der Waals surface area contributed by atoms with E-state index in [1.807, 2.05) is 24.3 Å². The van der Waals surface area contributed by atoms with E-state index in [0.717, 1.165) is 11.1 Å². The SMILES string of the molecule is CC(C)(O)CCn1nc(NC(=O)c2cncs2)c2cc(-c3ccc4c(c3)OCO4)cnc21. The molecule has 1 amide bonds. The first kappa shape index (κ1) is 20.4. The third-order valence-electron chi connectivity index (χ3n) is 5.12. The van der Waals surface area contributed by atoms with Crippen molar-refractivity contribution in [2.45, 2.75) is 32.4 Å². The van der Waals surface area contributed by atoms with E-state index in [1.54, 1.807) is 30.2 Å². The van der Waals surface area contributed by atoms with Gasteiger partial charge in [0, 0.05) is 18.3 Å². The van der Waals surface area contributed by atoms with Crippen LogP contribution in [0.3, 0.4) is 0 Å². The number of thiazole rings is 1. The van der Waals surface area contributed by atoms with Gasteiger partial charge in [-0.15, -0.1) is 11.3 Å². The van der Waals surface area contributed by atoms with Crippen molar-refractivity contribution in [3.05, 3.63) is 47.0 Å². The number of nitrogens with zero attached hydrogens (tertiary/aromatic N) is 4. The van der Waals surface area contributed by atoms with Crippen LogP contribution in [0.15, 0.2) is 42.2 Å². The molecule has 0 unspecified atom stereocenters. The van der Waals surface area contributed by atoms with E-state index in [0.29, 0.717) is 46.2 Å². The Morgan fingerprint density at radius 2 is 2.06 bits per heavy atom. The molecule has 0 bridgehead atoms. The molecule has 0 atom stereocenters. The van der Waals surface area contributed by atoms with E-state index in [9.17, 15) is 9.90 Å². The molecule has 0 saturated heterocycles. The fourth-order valence-electron chi connectivity index (χ4n) is 3.42. The van der Waals surface area contributed by atoms with E-state index < -0.39 is 5.60 Å². The summed E-state index contributed by atoms with van der Waals surface area (Å²) >= 11 is 1.26. The van der Waals surface area contributed by atoms with Gasteiger partial charge in [0.1, 0.15) is 4.88 Å². The molecule has 10 heteroatoms. The Labute approximate surface area is 187 Å². The van der Waals surface area contributed by atoms with Gasteiger partial charge < -0.3 is 19.9 Å². The minimum absolute atomic E-state index is 0.206. The van der Waals surface area contributed by atoms with Gasteiger partial charge >= 0.3 is 0 Å². The normalized spacial score (nSPS) is 13.0. The van der Waals surface area contributed by atoms with Crippen molar-refractivity contribution in [2.75, 3.05) is 12.1 Å². The Hall–Kier alpha value is -3.50. The molecule has 0 saturated carbocycles. The topological polar surface area (TPSA) is 111 Å². The number of anilines is 1. The van der Waals surface area contributed by atoms with Crippen LogP contribution >= 0.6 is 11.3 Å². The molecule has 9 nitrogen and oxygen atoms in total. The van der Waals surface area contributed by atoms with Crippen LogP contribution in [0.4, 0.5) is 5.82 Å². The fourth-order valence-corrected chi connectivity index (χ4v) is 3.93. The first-order chi connectivity index (χ1) is 15.4. The van der Waals surface area contributed by atoms with E-state index in [1.165, 1.54) is 17.5 Å². The average molecular weight is 452 g/mol. The molecule has 32 heavy (non-hydrogen) atoms. The lowest BCUT2D eigenvalue weighted by molar-refractivity contribution is 0.0654. The van der Waals surface area contributed by atoms with E-state index >= 15 is 0 Å². The molecule has 3 aromatic heterocycles. The molecule has 4 aromatic rings. The molecule has 1 aliphatic rings. The molecule has 0 spiro atoms. The van der Waals surface area contributed by atoms with Gasteiger partial charge in [0.2, 0.25) is 6.79 Å². The van der Waals surface area contributed by atoms with Crippen molar-refractivity contribution < 1.29 is 19.4 Å². The Bertz CT molecular complexity index is 1290. The predicted octanol–water partition coefficient (Wildman–Crippen LogP) is 3.70. The van der Waals surface area contributed by atoms with Crippen LogP contribution in [0.5, 0.6) is 11.5 Å². The van der Waals surface area contributed by atoms with Gasteiger partial charge in [-0.25, -0.2) is 9.67 Å². The maximum atomic E-state index is 12.6. The number of nitrogens with one attached hydrogen (secondary N) is 1. The van der Waals surface area contributed by atoms with Crippen molar-refractivity contribution in [1.82, 2.24) is 19.7 Å². The molecule has 0 aliphatic carbocycles. The summed E-state index contributed by atoms with van der Waals surface area (Å²) in [6.45, 7) is 4.15. The maximum Gasteiger partial charge on any atom is 0.268 e. The lowest BCUT2D eigenvalue weighted by Crippen LogP contribution is -2.21. The summed E-state index contributed by atoms with van der Waals surface area (Å²) in [5.74, 6) is 1.51. The summed E-state index contributed by atoms with van der Waals surface area (Å²) in [5.41, 5.74) is 3.14. The fraction of sp³-hybridized carbons (Fsp3) is 0.273. The summed E-state index contributed by atoms with van der Waals surface area (Å²) in [6.07, 6.45) is 3.76. The Morgan fingerprint density at radius 1 is 1.22 bits per heavy atom. The molecule has 0 radical (unpaired) electrons. The molecule has 1 aromatic carbocycles. The van der Waals surface area contributed by atoms with Crippen LogP contribution < -0.4 is 14.8 Å². The number of amides is 1. The highest BCUT2D eigenvalue weighted by Crippen LogP contribution is 2.37. The summed E-state index contributed by atoms with van der Waals surface area (Å²) in [5, 5.41) is 18.3. The second-order valence-corrected chi connectivity index (χ2v) is 9.00. The van der Waals surface area contributed by atoms with Gasteiger partial charge in [-0.05, 0) is 44.0 Å². The third-order valence-corrected chi connectivity index (χ3v) is 5.89. The number of benzene rings is 1. The standard InChI is InChI=1S/C22H21N5O4S/c1-22(2,29)5-6-27-20-15(19(26-27)25-21(28)18-10-23-11-32-18)7-14(9-24-20)13-3-4-16-17(8-13)31-12-30-16/h3-4,7-11,29H,5-6,12H2,1-2H3,(H,25,26,28). The van der Waals surface area contributed by atoms with Crippen molar-refractivity contribution >= 4 is 34.1 Å². The van der Waals surface area contributed by atoms with Crippen molar-refractivity contribution in [3.63, 3.8) is 0 Å². The molecule has 4 heterocycles. The molecule has 2 N–H and O–H groups in total. The van der Waals surface area contributed by atoms with Gasteiger partial charge in [-0.3, -0.25) is 9.78 Å². The molecule has 164 valence electrons. The number of fused-ring (bicyclic) bond motifs is 2. The molecular weight excluding hydrogens is 430 g/mol. The van der Waals surface area contributed by atoms with Crippen LogP contribution in [0.1, 0.15) is 29.9 Å². The Balaban J connectivity index is 1.55. The van der Waals surface area contributed by atoms with Gasteiger partial charge in [-0.2, -0.15) is 5.10 Å². The number of aliphatic hydroxyl groups is 1. The molecule has 1 aliphatic heterocycles. The average Bonchev–Trinajstić information content (AvgIpc) is 3.51. The van der Waals surface area contributed by atoms with E-state index in [-0.39, 0.29) is 12.7 Å². The zero-order valence-corrected chi connectivity index (χ0v) is 18.3. The molecule has 0 fully saturated rings. The highest BCUT2D eigenvalue weighted by atomic mass is 32.1. The van der Waals surface area contributed by atoms with Crippen molar-refractivity contribution in [1.29, 1.82) is 0 Å². The Morgan fingerprint density at radius 3 is 2.84 bits per heavy atom. The second kappa shape index (κ2) is 7.88. The molecule has 5 rings (SSSR count). The Kier molecular flexibility index (Phi) is 5.03. The number of aryl methyl sites for hydroxylation is 1. The van der Waals surface area contributed by atoms with Gasteiger partial charge in [0.25, 0.3) is 5.91 Å². The third kappa shape index (κ3) is 4.02. The number of hydrogen-bond acceptors (Lipinski definition) is 8. The minimum Gasteiger partial charge on any atom is -0.454 e. The number of rotatable bonds is 6. The van der Waals surface area contributed by atoms with Crippen LogP contribution in [-0.2, 0) is 6.54 Å². The smallest absolute Gasteiger partial charge is 0.268 e. The lowest BCUT2D eigenvalue weighted by atomic mass is 10.1.